The SMILES string of the molecule is N#Cc1ccc(-c2ccc3c(c2)c2ccccc2n3-c2c(-c3cc(-c4ccccc4)nc(-c4ccccc4)n3)cc(C#N)cc2-c2cc(-c3ccccc3)nc(-c3ccccc3)n2)cc1. The highest BCUT2D eigenvalue weighted by molar-refractivity contribution is 6.12. The first-order valence-electron chi connectivity index (χ1n) is 21.2. The molecule has 0 fully saturated rings. The van der Waals surface area contributed by atoms with Gasteiger partial charge in [0.2, 0.25) is 0 Å². The Morgan fingerprint density at radius 3 is 1.26 bits per heavy atom. The van der Waals surface area contributed by atoms with Crippen molar-refractivity contribution in [3.63, 3.8) is 0 Å². The van der Waals surface area contributed by atoms with Crippen LogP contribution in [-0.4, -0.2) is 24.5 Å². The first-order valence-corrected chi connectivity index (χ1v) is 21.2. The van der Waals surface area contributed by atoms with Gasteiger partial charge in [0.1, 0.15) is 0 Å². The van der Waals surface area contributed by atoms with Crippen molar-refractivity contribution in [2.24, 2.45) is 0 Å². The molecule has 7 nitrogen and oxygen atoms in total. The van der Waals surface area contributed by atoms with E-state index in [0.717, 1.165) is 83.4 Å². The quantitative estimate of drug-likeness (QED) is 0.151. The van der Waals surface area contributed by atoms with Gasteiger partial charge in [0.05, 0.1) is 62.8 Å². The Hall–Kier alpha value is -9.30. The lowest BCUT2D eigenvalue weighted by atomic mass is 9.95. The van der Waals surface area contributed by atoms with Crippen molar-refractivity contribution in [2.45, 2.75) is 0 Å². The Morgan fingerprint density at radius 1 is 0.323 bits per heavy atom. The topological polar surface area (TPSA) is 104 Å². The third kappa shape index (κ3) is 7.26. The van der Waals surface area contributed by atoms with Gasteiger partial charge in [-0.15, -0.1) is 0 Å². The third-order valence-electron chi connectivity index (χ3n) is 11.7. The minimum atomic E-state index is 0.449. The number of fused-ring (bicyclic) bond motifs is 3. The van der Waals surface area contributed by atoms with Crippen LogP contribution in [0.25, 0.3) is 106 Å². The van der Waals surface area contributed by atoms with Crippen molar-refractivity contribution in [2.75, 3.05) is 0 Å². The normalized spacial score (nSPS) is 11.0. The summed E-state index contributed by atoms with van der Waals surface area (Å²) in [5.41, 5.74) is 13.7. The van der Waals surface area contributed by atoms with Gasteiger partial charge in [0.25, 0.3) is 0 Å². The number of hydrogen-bond acceptors (Lipinski definition) is 6. The minimum Gasteiger partial charge on any atom is -0.308 e. The van der Waals surface area contributed by atoms with E-state index in [1.807, 2.05) is 146 Å². The smallest absolute Gasteiger partial charge is 0.160 e. The van der Waals surface area contributed by atoms with E-state index in [0.29, 0.717) is 34.2 Å². The molecule has 11 aromatic rings. The molecule has 0 bridgehead atoms. The molecule has 8 aromatic carbocycles. The third-order valence-corrected chi connectivity index (χ3v) is 11.7. The molecular formula is C58H35N7. The molecule has 0 radical (unpaired) electrons. The Morgan fingerprint density at radius 2 is 0.754 bits per heavy atom. The second-order valence-corrected chi connectivity index (χ2v) is 15.7. The number of para-hydroxylation sites is 1. The summed E-state index contributed by atoms with van der Waals surface area (Å²) in [6.07, 6.45) is 0. The highest BCUT2D eigenvalue weighted by atomic mass is 15.0. The molecule has 0 amide bonds. The second-order valence-electron chi connectivity index (χ2n) is 15.7. The van der Waals surface area contributed by atoms with E-state index in [1.165, 1.54) is 0 Å². The van der Waals surface area contributed by atoms with Gasteiger partial charge in [-0.1, -0.05) is 158 Å². The summed E-state index contributed by atoms with van der Waals surface area (Å²) in [5.74, 6) is 1.12. The van der Waals surface area contributed by atoms with Crippen LogP contribution in [-0.2, 0) is 0 Å². The minimum absolute atomic E-state index is 0.449. The molecular weight excluding hydrogens is 795 g/mol. The van der Waals surface area contributed by atoms with Crippen LogP contribution < -0.4 is 0 Å². The van der Waals surface area contributed by atoms with Crippen LogP contribution >= 0.6 is 0 Å². The van der Waals surface area contributed by atoms with Gasteiger partial charge >= 0.3 is 0 Å². The number of benzene rings is 8. The van der Waals surface area contributed by atoms with Gasteiger partial charge in [-0.2, -0.15) is 10.5 Å². The molecule has 0 aliphatic heterocycles. The second kappa shape index (κ2) is 16.5. The van der Waals surface area contributed by atoms with Crippen LogP contribution in [0, 0.1) is 22.7 Å². The molecule has 11 rings (SSSR count). The van der Waals surface area contributed by atoms with E-state index in [9.17, 15) is 10.5 Å². The van der Waals surface area contributed by atoms with Crippen LogP contribution in [0.2, 0.25) is 0 Å². The molecule has 0 spiro atoms. The van der Waals surface area contributed by atoms with Crippen LogP contribution in [0.4, 0.5) is 0 Å². The largest absolute Gasteiger partial charge is 0.308 e. The molecule has 3 heterocycles. The monoisotopic (exact) mass is 829 g/mol. The fourth-order valence-electron chi connectivity index (χ4n) is 8.58. The predicted octanol–water partition coefficient (Wildman–Crippen LogP) is 13.8. The summed E-state index contributed by atoms with van der Waals surface area (Å²) in [7, 11) is 0. The number of aromatic nitrogens is 5. The first-order chi connectivity index (χ1) is 32.1. The summed E-state index contributed by atoms with van der Waals surface area (Å²) >= 11 is 0. The summed E-state index contributed by atoms with van der Waals surface area (Å²) < 4.78 is 2.29. The summed E-state index contributed by atoms with van der Waals surface area (Å²) in [6, 6.07) is 75.4. The average Bonchev–Trinajstić information content (AvgIpc) is 3.72. The van der Waals surface area contributed by atoms with E-state index in [4.69, 9.17) is 19.9 Å². The van der Waals surface area contributed by atoms with E-state index in [1.54, 1.807) is 0 Å². The van der Waals surface area contributed by atoms with Crippen molar-refractivity contribution in [1.29, 1.82) is 10.5 Å². The lowest BCUT2D eigenvalue weighted by Crippen LogP contribution is -2.05. The Bertz CT molecular complexity index is 3380. The zero-order valence-electron chi connectivity index (χ0n) is 34.8. The zero-order chi connectivity index (χ0) is 43.7. The van der Waals surface area contributed by atoms with Crippen LogP contribution in [0.1, 0.15) is 11.1 Å². The van der Waals surface area contributed by atoms with Crippen LogP contribution in [0.5, 0.6) is 0 Å². The molecule has 0 saturated heterocycles. The van der Waals surface area contributed by atoms with E-state index in [-0.39, 0.29) is 0 Å². The van der Waals surface area contributed by atoms with Crippen LogP contribution in [0.3, 0.4) is 0 Å². The lowest BCUT2D eigenvalue weighted by Gasteiger charge is -2.20. The first kappa shape index (κ1) is 38.6. The van der Waals surface area contributed by atoms with Gasteiger partial charge in [-0.25, -0.2) is 19.9 Å². The Kier molecular flexibility index (Phi) is 9.82. The molecule has 0 unspecified atom stereocenters. The summed E-state index contributed by atoms with van der Waals surface area (Å²) in [6.45, 7) is 0. The molecule has 302 valence electrons. The Labute approximate surface area is 375 Å². The predicted molar refractivity (Wildman–Crippen MR) is 259 cm³/mol. The number of hydrogen-bond donors (Lipinski definition) is 0. The van der Waals surface area contributed by atoms with Gasteiger partial charge in [-0.3, -0.25) is 0 Å². The molecule has 0 aliphatic rings. The molecule has 65 heavy (non-hydrogen) atoms. The van der Waals surface area contributed by atoms with Crippen molar-refractivity contribution >= 4 is 21.8 Å². The van der Waals surface area contributed by atoms with E-state index in [2.05, 4.69) is 83.4 Å². The lowest BCUT2D eigenvalue weighted by molar-refractivity contribution is 1.14. The van der Waals surface area contributed by atoms with Gasteiger partial charge in [-0.05, 0) is 65.7 Å². The molecule has 0 N–H and O–H groups in total. The molecule has 0 aliphatic carbocycles. The molecule has 0 atom stereocenters. The van der Waals surface area contributed by atoms with Crippen molar-refractivity contribution < 1.29 is 0 Å². The number of nitrogens with zero attached hydrogens (tertiary/aromatic N) is 7. The standard InChI is InChI=1S/C58H35N7/c59-36-38-25-27-40(28-26-38)45-29-30-55-47(33-45)46-23-13-14-24-54(46)65(55)56-48(52-34-50(41-15-5-1-6-16-41)61-57(63-52)43-19-9-3-10-20-43)31-39(37-60)32-49(56)53-35-51(42-17-7-2-8-18-42)62-58(64-53)44-21-11-4-12-22-44/h1-35H. The van der Waals surface area contributed by atoms with Gasteiger partial charge in [0, 0.05) is 44.2 Å². The average molecular weight is 830 g/mol. The fraction of sp³-hybridized carbons (Fsp3) is 0. The summed E-state index contributed by atoms with van der Waals surface area (Å²) in [4.78, 5) is 21.0. The molecule has 0 saturated carbocycles. The van der Waals surface area contributed by atoms with Crippen molar-refractivity contribution in [1.82, 2.24) is 24.5 Å². The molecule has 7 heteroatoms. The molecule has 3 aromatic heterocycles. The summed E-state index contributed by atoms with van der Waals surface area (Å²) in [5, 5.41) is 22.5. The van der Waals surface area contributed by atoms with E-state index >= 15 is 0 Å². The maximum atomic E-state index is 10.9. The van der Waals surface area contributed by atoms with E-state index < -0.39 is 0 Å². The van der Waals surface area contributed by atoms with Crippen molar-refractivity contribution in [3.8, 4) is 96.8 Å². The Balaban J connectivity index is 1.27. The number of rotatable bonds is 8. The maximum absolute atomic E-state index is 10.9. The number of nitriles is 2. The zero-order valence-corrected chi connectivity index (χ0v) is 34.8. The highest BCUT2D eigenvalue weighted by Gasteiger charge is 2.25. The maximum Gasteiger partial charge on any atom is 0.160 e. The van der Waals surface area contributed by atoms with Gasteiger partial charge in [0.15, 0.2) is 11.6 Å². The van der Waals surface area contributed by atoms with Gasteiger partial charge < -0.3 is 4.57 Å². The van der Waals surface area contributed by atoms with Crippen molar-refractivity contribution in [3.05, 3.63) is 223 Å². The van der Waals surface area contributed by atoms with Crippen LogP contribution in [0.15, 0.2) is 212 Å². The highest BCUT2D eigenvalue weighted by Crippen LogP contribution is 2.44. The fourth-order valence-corrected chi connectivity index (χ4v) is 8.58.